The average Bonchev–Trinajstić information content (AvgIpc) is 2.01. The van der Waals surface area contributed by atoms with Crippen molar-refractivity contribution in [2.24, 2.45) is 0 Å². The molecular formula is C6H6ClN4. The van der Waals surface area contributed by atoms with Gasteiger partial charge < -0.3 is 5.32 Å². The number of anilines is 1. The van der Waals surface area contributed by atoms with Gasteiger partial charge in [-0.3, -0.25) is 0 Å². The molecule has 4 nitrogen and oxygen atoms in total. The van der Waals surface area contributed by atoms with Crippen molar-refractivity contribution >= 4 is 17.5 Å². The first kappa shape index (κ1) is 7.94. The molecule has 0 aliphatic heterocycles. The summed E-state index contributed by atoms with van der Waals surface area (Å²) in [4.78, 5) is 11.0. The molecule has 5 heteroatoms. The quantitative estimate of drug-likeness (QED) is 0.684. The average molecular weight is 170 g/mol. The van der Waals surface area contributed by atoms with Crippen molar-refractivity contribution in [2.45, 2.75) is 0 Å². The number of nitrogens with one attached hydrogen (secondary N) is 1. The van der Waals surface area contributed by atoms with Crippen LogP contribution in [0, 0.1) is 6.33 Å². The van der Waals surface area contributed by atoms with Gasteiger partial charge in [0, 0.05) is 6.54 Å². The maximum Gasteiger partial charge on any atom is 0.227 e. The van der Waals surface area contributed by atoms with Crippen LogP contribution in [0.25, 0.3) is 0 Å². The molecule has 0 saturated carbocycles. The fourth-order valence-electron chi connectivity index (χ4n) is 0.494. The van der Waals surface area contributed by atoms with Crippen LogP contribution in [0.5, 0.6) is 0 Å². The summed E-state index contributed by atoms with van der Waals surface area (Å²) >= 11 is 5.46. The summed E-state index contributed by atoms with van der Waals surface area (Å²) in [6.07, 6.45) is 4.04. The van der Waals surface area contributed by atoms with Crippen LogP contribution in [0.2, 0.25) is 5.28 Å². The molecule has 0 aliphatic carbocycles. The molecule has 0 aliphatic rings. The van der Waals surface area contributed by atoms with Crippen LogP contribution in [0.1, 0.15) is 0 Å². The third kappa shape index (κ3) is 2.51. The van der Waals surface area contributed by atoms with E-state index in [0.717, 1.165) is 0 Å². The minimum Gasteiger partial charge on any atom is -0.351 e. The topological polar surface area (TPSA) is 50.7 Å². The lowest BCUT2D eigenvalue weighted by molar-refractivity contribution is 1.02. The van der Waals surface area contributed by atoms with Crippen LogP contribution in [-0.2, 0) is 0 Å². The Balaban J connectivity index is 2.63. The normalized spacial score (nSPS) is 9.18. The Bertz CT molecular complexity index is 250. The number of hydrogen-bond acceptors (Lipinski definition) is 4. The van der Waals surface area contributed by atoms with Crippen LogP contribution in [0.15, 0.2) is 12.7 Å². The smallest absolute Gasteiger partial charge is 0.227 e. The van der Waals surface area contributed by atoms with E-state index in [0.29, 0.717) is 12.5 Å². The van der Waals surface area contributed by atoms with Gasteiger partial charge in [-0.1, -0.05) is 6.08 Å². The lowest BCUT2D eigenvalue weighted by Crippen LogP contribution is -2.03. The van der Waals surface area contributed by atoms with Crippen LogP contribution in [0.4, 0.5) is 5.95 Å². The van der Waals surface area contributed by atoms with Gasteiger partial charge in [-0.25, -0.2) is 0 Å². The number of aromatic nitrogens is 3. The third-order valence-corrected chi connectivity index (χ3v) is 1.07. The van der Waals surface area contributed by atoms with Crippen molar-refractivity contribution in [2.75, 3.05) is 11.9 Å². The van der Waals surface area contributed by atoms with Crippen LogP contribution in [-0.4, -0.2) is 21.5 Å². The van der Waals surface area contributed by atoms with Crippen molar-refractivity contribution in [3.8, 4) is 0 Å². The first-order chi connectivity index (χ1) is 5.33. The zero-order valence-corrected chi connectivity index (χ0v) is 6.47. The molecule has 1 heterocycles. The van der Waals surface area contributed by atoms with Gasteiger partial charge >= 0.3 is 0 Å². The minimum absolute atomic E-state index is 0.131. The highest BCUT2D eigenvalue weighted by Crippen LogP contribution is 2.00. The largest absolute Gasteiger partial charge is 0.351 e. The van der Waals surface area contributed by atoms with Crippen LogP contribution in [0.3, 0.4) is 0 Å². The van der Waals surface area contributed by atoms with E-state index in [1.54, 1.807) is 6.08 Å². The highest BCUT2D eigenvalue weighted by molar-refractivity contribution is 6.28. The molecule has 57 valence electrons. The van der Waals surface area contributed by atoms with Crippen molar-refractivity contribution in [3.63, 3.8) is 0 Å². The van der Waals surface area contributed by atoms with Crippen LogP contribution >= 0.6 is 11.6 Å². The second-order valence-corrected chi connectivity index (χ2v) is 2.04. The van der Waals surface area contributed by atoms with E-state index < -0.39 is 0 Å². The van der Waals surface area contributed by atoms with Crippen molar-refractivity contribution in [3.05, 3.63) is 24.3 Å². The van der Waals surface area contributed by atoms with Gasteiger partial charge in [0.05, 0.1) is 0 Å². The van der Waals surface area contributed by atoms with Gasteiger partial charge in [-0.2, -0.15) is 15.0 Å². The molecule has 11 heavy (non-hydrogen) atoms. The maximum atomic E-state index is 5.46. The second kappa shape index (κ2) is 3.88. The van der Waals surface area contributed by atoms with Crippen molar-refractivity contribution in [1.82, 2.24) is 15.0 Å². The summed E-state index contributed by atoms with van der Waals surface area (Å²) in [6, 6.07) is 0. The number of rotatable bonds is 3. The molecule has 1 radical (unpaired) electrons. The van der Waals surface area contributed by atoms with E-state index in [-0.39, 0.29) is 5.28 Å². The van der Waals surface area contributed by atoms with Crippen LogP contribution < -0.4 is 5.32 Å². The predicted octanol–water partition coefficient (Wildman–Crippen LogP) is 0.923. The molecular weight excluding hydrogens is 164 g/mol. The van der Waals surface area contributed by atoms with Gasteiger partial charge in [0.25, 0.3) is 0 Å². The van der Waals surface area contributed by atoms with Gasteiger partial charge in [-0.05, 0) is 11.6 Å². The zero-order valence-electron chi connectivity index (χ0n) is 5.71. The van der Waals surface area contributed by atoms with E-state index in [9.17, 15) is 0 Å². The van der Waals surface area contributed by atoms with E-state index in [1.165, 1.54) is 0 Å². The first-order valence-corrected chi connectivity index (χ1v) is 3.33. The Morgan fingerprint density at radius 2 is 2.45 bits per heavy atom. The highest BCUT2D eigenvalue weighted by atomic mass is 35.5. The molecule has 1 aromatic heterocycles. The molecule has 0 spiro atoms. The van der Waals surface area contributed by atoms with Gasteiger partial charge in [0.15, 0.2) is 0 Å². The van der Waals surface area contributed by atoms with E-state index in [4.69, 9.17) is 11.6 Å². The molecule has 0 bridgehead atoms. The number of hydrogen-bond donors (Lipinski definition) is 1. The lowest BCUT2D eigenvalue weighted by Gasteiger charge is -1.97. The summed E-state index contributed by atoms with van der Waals surface area (Å²) in [5.41, 5.74) is 0. The zero-order chi connectivity index (χ0) is 8.10. The number of nitrogens with zero attached hydrogens (tertiary/aromatic N) is 3. The second-order valence-electron chi connectivity index (χ2n) is 1.70. The minimum atomic E-state index is 0.131. The molecule has 1 aromatic rings. The Morgan fingerprint density at radius 1 is 1.64 bits per heavy atom. The van der Waals surface area contributed by atoms with Crippen molar-refractivity contribution in [1.29, 1.82) is 0 Å². The standard InChI is InChI=1S/C6H6ClN4/c1-2-3-8-6-10-4-9-5(7)11-6/h2H,1,3H2,(H,8,9,10,11). The van der Waals surface area contributed by atoms with Gasteiger partial charge in [0.1, 0.15) is 0 Å². The maximum absolute atomic E-state index is 5.46. The number of halogens is 1. The Kier molecular flexibility index (Phi) is 2.80. The van der Waals surface area contributed by atoms with E-state index in [1.807, 2.05) is 0 Å². The fourth-order valence-corrected chi connectivity index (χ4v) is 0.611. The monoisotopic (exact) mass is 169 g/mol. The predicted molar refractivity (Wildman–Crippen MR) is 42.4 cm³/mol. The lowest BCUT2D eigenvalue weighted by atomic mass is 10.6. The first-order valence-electron chi connectivity index (χ1n) is 2.95. The molecule has 1 rings (SSSR count). The third-order valence-electron chi connectivity index (χ3n) is 0.901. The molecule has 0 unspecified atom stereocenters. The summed E-state index contributed by atoms with van der Waals surface area (Å²) < 4.78 is 0. The fraction of sp³-hybridized carbons (Fsp3) is 0.167. The molecule has 0 atom stereocenters. The highest BCUT2D eigenvalue weighted by Gasteiger charge is 1.94. The SMILES string of the molecule is C=CCNc1n[c]nc(Cl)n1. The molecule has 0 amide bonds. The van der Waals surface area contributed by atoms with Gasteiger partial charge in [0.2, 0.25) is 17.6 Å². The van der Waals surface area contributed by atoms with E-state index >= 15 is 0 Å². The summed E-state index contributed by atoms with van der Waals surface area (Å²) in [5, 5.41) is 2.97. The molecule has 0 fully saturated rings. The molecule has 0 saturated heterocycles. The summed E-state index contributed by atoms with van der Waals surface area (Å²) in [5.74, 6) is 0.407. The summed E-state index contributed by atoms with van der Waals surface area (Å²) in [6.45, 7) is 4.11. The Labute approximate surface area is 69.3 Å². The Morgan fingerprint density at radius 3 is 3.09 bits per heavy atom. The van der Waals surface area contributed by atoms with E-state index in [2.05, 4.69) is 33.2 Å². The Hall–Kier alpha value is -1.16. The van der Waals surface area contributed by atoms with Crippen molar-refractivity contribution < 1.29 is 0 Å². The molecule has 0 aromatic carbocycles. The van der Waals surface area contributed by atoms with Gasteiger partial charge in [-0.15, -0.1) is 6.58 Å². The summed E-state index contributed by atoms with van der Waals surface area (Å²) in [7, 11) is 0. The molecule has 1 N–H and O–H groups in total.